The fourth-order valence-corrected chi connectivity index (χ4v) is 2.29. The maximum Gasteiger partial charge on any atom is 0.126 e. The molecule has 1 aromatic carbocycles. The van der Waals surface area contributed by atoms with Crippen molar-refractivity contribution in [3.8, 4) is 5.75 Å². The molecule has 0 fully saturated rings. The first-order chi connectivity index (χ1) is 9.29. The number of ether oxygens (including phenoxy) is 2. The summed E-state index contributed by atoms with van der Waals surface area (Å²) in [7, 11) is 1.72. The minimum absolute atomic E-state index is 0.731. The van der Waals surface area contributed by atoms with Crippen molar-refractivity contribution in [2.45, 2.75) is 20.4 Å². The standard InChI is InChI=1S/C15H25NO2S/c1-4-19-11-10-18-15-13(2)6-5-7-14(15)12-16-8-9-17-3/h5-7,16H,4,8-12H2,1-3H3. The third-order valence-electron chi connectivity index (χ3n) is 2.77. The van der Waals surface area contributed by atoms with E-state index in [9.17, 15) is 0 Å². The number of aryl methyl sites for hydroxylation is 1. The molecule has 0 bridgehead atoms. The van der Waals surface area contributed by atoms with Crippen LogP contribution in [-0.2, 0) is 11.3 Å². The Kier molecular flexibility index (Phi) is 8.71. The highest BCUT2D eigenvalue weighted by Crippen LogP contribution is 2.23. The van der Waals surface area contributed by atoms with Crippen molar-refractivity contribution in [2.75, 3.05) is 38.4 Å². The van der Waals surface area contributed by atoms with Gasteiger partial charge in [0.25, 0.3) is 0 Å². The fourth-order valence-electron chi connectivity index (χ4n) is 1.80. The molecule has 0 heterocycles. The first-order valence-electron chi connectivity index (χ1n) is 6.78. The maximum atomic E-state index is 5.93. The SMILES string of the molecule is CCSCCOc1c(C)cccc1CNCCOC. The molecule has 1 rings (SSSR count). The monoisotopic (exact) mass is 283 g/mol. The molecule has 4 heteroatoms. The van der Waals surface area contributed by atoms with Gasteiger partial charge in [-0.05, 0) is 18.2 Å². The number of rotatable bonds is 10. The first kappa shape index (κ1) is 16.3. The molecular weight excluding hydrogens is 258 g/mol. The second-order valence-corrected chi connectivity index (χ2v) is 5.67. The van der Waals surface area contributed by atoms with Crippen molar-refractivity contribution < 1.29 is 9.47 Å². The smallest absolute Gasteiger partial charge is 0.126 e. The number of thioether (sulfide) groups is 1. The molecular formula is C15H25NO2S. The highest BCUT2D eigenvalue weighted by molar-refractivity contribution is 7.99. The fraction of sp³-hybridized carbons (Fsp3) is 0.600. The van der Waals surface area contributed by atoms with Crippen molar-refractivity contribution in [3.63, 3.8) is 0 Å². The van der Waals surface area contributed by atoms with E-state index < -0.39 is 0 Å². The van der Waals surface area contributed by atoms with Gasteiger partial charge in [0.1, 0.15) is 5.75 Å². The lowest BCUT2D eigenvalue weighted by atomic mass is 10.1. The number of hydrogen-bond acceptors (Lipinski definition) is 4. The average Bonchev–Trinajstić information content (AvgIpc) is 2.42. The molecule has 0 aromatic heterocycles. The Hall–Kier alpha value is -0.710. The molecule has 0 atom stereocenters. The molecule has 0 amide bonds. The van der Waals surface area contributed by atoms with Gasteiger partial charge >= 0.3 is 0 Å². The van der Waals surface area contributed by atoms with Gasteiger partial charge in [0.05, 0.1) is 13.2 Å². The van der Waals surface area contributed by atoms with Crippen LogP contribution in [0.2, 0.25) is 0 Å². The van der Waals surface area contributed by atoms with E-state index in [2.05, 4.69) is 37.4 Å². The Labute approximate surface area is 121 Å². The molecule has 1 aromatic rings. The predicted octanol–water partition coefficient (Wildman–Crippen LogP) is 2.86. The van der Waals surface area contributed by atoms with Gasteiger partial charge in [-0.2, -0.15) is 11.8 Å². The lowest BCUT2D eigenvalue weighted by Crippen LogP contribution is -2.19. The van der Waals surface area contributed by atoms with Crippen LogP contribution >= 0.6 is 11.8 Å². The Morgan fingerprint density at radius 3 is 2.84 bits per heavy atom. The molecule has 0 saturated carbocycles. The molecule has 0 saturated heterocycles. The summed E-state index contributed by atoms with van der Waals surface area (Å²) in [4.78, 5) is 0. The zero-order chi connectivity index (χ0) is 13.9. The van der Waals surface area contributed by atoms with E-state index in [1.54, 1.807) is 7.11 Å². The van der Waals surface area contributed by atoms with Gasteiger partial charge < -0.3 is 14.8 Å². The Balaban J connectivity index is 2.51. The summed E-state index contributed by atoms with van der Waals surface area (Å²) >= 11 is 1.91. The number of nitrogens with one attached hydrogen (secondary N) is 1. The molecule has 0 spiro atoms. The Morgan fingerprint density at radius 2 is 2.11 bits per heavy atom. The second-order valence-electron chi connectivity index (χ2n) is 4.28. The van der Waals surface area contributed by atoms with Gasteiger partial charge in [0, 0.05) is 31.5 Å². The number of para-hydroxylation sites is 1. The van der Waals surface area contributed by atoms with Gasteiger partial charge in [0.15, 0.2) is 0 Å². The maximum absolute atomic E-state index is 5.93. The first-order valence-corrected chi connectivity index (χ1v) is 7.93. The van der Waals surface area contributed by atoms with Crippen molar-refractivity contribution in [1.29, 1.82) is 0 Å². The molecule has 3 nitrogen and oxygen atoms in total. The lowest BCUT2D eigenvalue weighted by molar-refractivity contribution is 0.199. The van der Waals surface area contributed by atoms with Crippen molar-refractivity contribution in [3.05, 3.63) is 29.3 Å². The van der Waals surface area contributed by atoms with Crippen LogP contribution in [0.15, 0.2) is 18.2 Å². The van der Waals surface area contributed by atoms with Crippen molar-refractivity contribution in [2.24, 2.45) is 0 Å². The van der Waals surface area contributed by atoms with Gasteiger partial charge in [0.2, 0.25) is 0 Å². The van der Waals surface area contributed by atoms with Crippen LogP contribution in [-0.4, -0.2) is 38.4 Å². The Bertz CT molecular complexity index is 358. The molecule has 1 N–H and O–H groups in total. The largest absolute Gasteiger partial charge is 0.492 e. The van der Waals surface area contributed by atoms with Crippen molar-refractivity contribution in [1.82, 2.24) is 5.32 Å². The molecule has 0 aliphatic rings. The summed E-state index contributed by atoms with van der Waals surface area (Å²) in [5.41, 5.74) is 2.42. The predicted molar refractivity (Wildman–Crippen MR) is 83.3 cm³/mol. The normalized spacial score (nSPS) is 10.7. The molecule has 0 aliphatic carbocycles. The summed E-state index contributed by atoms with van der Waals surface area (Å²) < 4.78 is 11.0. The number of benzene rings is 1. The van der Waals surface area contributed by atoms with Gasteiger partial charge in [-0.1, -0.05) is 25.1 Å². The van der Waals surface area contributed by atoms with Crippen LogP contribution in [0.1, 0.15) is 18.1 Å². The Morgan fingerprint density at radius 1 is 1.26 bits per heavy atom. The quantitative estimate of drug-likeness (QED) is 0.669. The molecule has 0 radical (unpaired) electrons. The summed E-state index contributed by atoms with van der Waals surface area (Å²) in [6.07, 6.45) is 0. The highest BCUT2D eigenvalue weighted by atomic mass is 32.2. The minimum atomic E-state index is 0.731. The number of methoxy groups -OCH3 is 1. The van der Waals surface area contributed by atoms with Gasteiger partial charge in [-0.25, -0.2) is 0 Å². The van der Waals surface area contributed by atoms with E-state index in [1.165, 1.54) is 11.1 Å². The third-order valence-corrected chi connectivity index (χ3v) is 3.63. The van der Waals surface area contributed by atoms with Crippen LogP contribution in [0.25, 0.3) is 0 Å². The zero-order valence-corrected chi connectivity index (χ0v) is 13.0. The molecule has 108 valence electrons. The summed E-state index contributed by atoms with van der Waals surface area (Å²) in [5.74, 6) is 3.22. The topological polar surface area (TPSA) is 30.5 Å². The van der Waals surface area contributed by atoms with E-state index in [4.69, 9.17) is 9.47 Å². The van der Waals surface area contributed by atoms with E-state index in [0.29, 0.717) is 0 Å². The zero-order valence-electron chi connectivity index (χ0n) is 12.2. The molecule has 0 aliphatic heterocycles. The highest BCUT2D eigenvalue weighted by Gasteiger charge is 2.06. The second kappa shape index (κ2) is 10.1. The van der Waals surface area contributed by atoms with Crippen molar-refractivity contribution >= 4 is 11.8 Å². The van der Waals surface area contributed by atoms with Crippen LogP contribution in [0.4, 0.5) is 0 Å². The van der Waals surface area contributed by atoms with E-state index in [0.717, 1.165) is 43.6 Å². The van der Waals surface area contributed by atoms with Crippen LogP contribution in [0.3, 0.4) is 0 Å². The van der Waals surface area contributed by atoms with Gasteiger partial charge in [-0.15, -0.1) is 0 Å². The van der Waals surface area contributed by atoms with E-state index >= 15 is 0 Å². The molecule has 19 heavy (non-hydrogen) atoms. The van der Waals surface area contributed by atoms with Crippen LogP contribution in [0, 0.1) is 6.92 Å². The summed E-state index contributed by atoms with van der Waals surface area (Å²) in [5, 5.41) is 3.36. The minimum Gasteiger partial charge on any atom is -0.492 e. The lowest BCUT2D eigenvalue weighted by Gasteiger charge is -2.14. The van der Waals surface area contributed by atoms with E-state index in [-0.39, 0.29) is 0 Å². The van der Waals surface area contributed by atoms with E-state index in [1.807, 2.05) is 11.8 Å². The van der Waals surface area contributed by atoms with Crippen LogP contribution in [0.5, 0.6) is 5.75 Å². The average molecular weight is 283 g/mol. The van der Waals surface area contributed by atoms with Crippen LogP contribution < -0.4 is 10.1 Å². The summed E-state index contributed by atoms with van der Waals surface area (Å²) in [6, 6.07) is 6.30. The summed E-state index contributed by atoms with van der Waals surface area (Å²) in [6.45, 7) is 7.45. The number of hydrogen-bond donors (Lipinski definition) is 1. The molecule has 0 unspecified atom stereocenters. The van der Waals surface area contributed by atoms with Gasteiger partial charge in [-0.3, -0.25) is 0 Å². The third kappa shape index (κ3) is 6.32.